The van der Waals surface area contributed by atoms with E-state index < -0.39 is 0 Å². The molecule has 0 amide bonds. The summed E-state index contributed by atoms with van der Waals surface area (Å²) in [7, 11) is 0. The van der Waals surface area contributed by atoms with Crippen LogP contribution in [0.15, 0.2) is 18.2 Å². The van der Waals surface area contributed by atoms with E-state index in [0.29, 0.717) is 6.04 Å². The summed E-state index contributed by atoms with van der Waals surface area (Å²) in [5, 5.41) is 4.52. The predicted molar refractivity (Wildman–Crippen MR) is 86.6 cm³/mol. The molecule has 0 radical (unpaired) electrons. The van der Waals surface area contributed by atoms with Gasteiger partial charge in [-0.1, -0.05) is 30.5 Å². The average molecular weight is 293 g/mol. The summed E-state index contributed by atoms with van der Waals surface area (Å²) in [6, 6.07) is 7.71. The first kappa shape index (κ1) is 14.2. The predicted octanol–water partition coefficient (Wildman–Crippen LogP) is 4.36. The first-order chi connectivity index (χ1) is 9.75. The van der Waals surface area contributed by atoms with Gasteiger partial charge in [-0.15, -0.1) is 0 Å². The van der Waals surface area contributed by atoms with Crippen molar-refractivity contribution in [1.29, 1.82) is 0 Å². The van der Waals surface area contributed by atoms with Crippen molar-refractivity contribution in [2.24, 2.45) is 0 Å². The lowest BCUT2D eigenvalue weighted by atomic mass is 10.1. The number of anilines is 1. The van der Waals surface area contributed by atoms with Crippen molar-refractivity contribution in [2.75, 3.05) is 11.4 Å². The molecule has 2 fully saturated rings. The number of benzene rings is 1. The zero-order valence-electron chi connectivity index (χ0n) is 12.4. The van der Waals surface area contributed by atoms with Crippen molar-refractivity contribution in [2.45, 2.75) is 64.1 Å². The molecule has 1 aromatic rings. The fraction of sp³-hybridized carbons (Fsp3) is 0.647. The molecular weight excluding hydrogens is 268 g/mol. The Bertz CT molecular complexity index is 456. The smallest absolute Gasteiger partial charge is 0.0471 e. The van der Waals surface area contributed by atoms with E-state index in [1.165, 1.54) is 49.8 Å². The van der Waals surface area contributed by atoms with E-state index in [0.717, 1.165) is 24.2 Å². The summed E-state index contributed by atoms with van der Waals surface area (Å²) >= 11 is 6.47. The lowest BCUT2D eigenvalue weighted by Crippen LogP contribution is -2.33. The molecule has 110 valence electrons. The number of halogens is 1. The highest BCUT2D eigenvalue weighted by atomic mass is 35.5. The molecule has 3 rings (SSSR count). The third-order valence-corrected chi connectivity index (χ3v) is 4.96. The van der Waals surface area contributed by atoms with Gasteiger partial charge in [-0.3, -0.25) is 0 Å². The number of nitrogens with zero attached hydrogens (tertiary/aromatic N) is 1. The van der Waals surface area contributed by atoms with Gasteiger partial charge in [0.2, 0.25) is 0 Å². The quantitative estimate of drug-likeness (QED) is 0.887. The fourth-order valence-corrected chi connectivity index (χ4v) is 3.39. The number of hydrogen-bond acceptors (Lipinski definition) is 2. The van der Waals surface area contributed by atoms with Gasteiger partial charge in [0.15, 0.2) is 0 Å². The number of rotatable bonds is 4. The van der Waals surface area contributed by atoms with Crippen LogP contribution >= 0.6 is 11.6 Å². The molecule has 1 unspecified atom stereocenters. The molecule has 0 aromatic heterocycles. The standard InChI is InChI=1S/C17H25ClN2/c1-13-6-3-2-4-11-20(13)17-8-5-7-16(18)15(17)12-19-14-9-10-14/h5,7-8,13-14,19H,2-4,6,9-12H2,1H3. The van der Waals surface area contributed by atoms with Gasteiger partial charge in [-0.05, 0) is 44.7 Å². The van der Waals surface area contributed by atoms with Gasteiger partial charge in [-0.2, -0.15) is 0 Å². The number of hydrogen-bond donors (Lipinski definition) is 1. The highest BCUT2D eigenvalue weighted by Crippen LogP contribution is 2.32. The third kappa shape index (κ3) is 3.29. The van der Waals surface area contributed by atoms with Crippen molar-refractivity contribution >= 4 is 17.3 Å². The minimum absolute atomic E-state index is 0.621. The number of nitrogens with one attached hydrogen (secondary N) is 1. The van der Waals surface area contributed by atoms with Gasteiger partial charge in [0, 0.05) is 41.4 Å². The average Bonchev–Trinajstić information content (AvgIpc) is 3.25. The maximum Gasteiger partial charge on any atom is 0.0471 e. The molecule has 1 aliphatic heterocycles. The molecule has 1 N–H and O–H groups in total. The Morgan fingerprint density at radius 1 is 1.20 bits per heavy atom. The van der Waals surface area contributed by atoms with E-state index >= 15 is 0 Å². The van der Waals surface area contributed by atoms with E-state index in [1.807, 2.05) is 6.07 Å². The van der Waals surface area contributed by atoms with Crippen LogP contribution in [-0.2, 0) is 6.54 Å². The Morgan fingerprint density at radius 2 is 2.05 bits per heavy atom. The molecular formula is C17H25ClN2. The largest absolute Gasteiger partial charge is 0.369 e. The Labute approximate surface area is 127 Å². The Morgan fingerprint density at radius 3 is 2.85 bits per heavy atom. The van der Waals surface area contributed by atoms with Crippen LogP contribution in [0, 0.1) is 0 Å². The molecule has 20 heavy (non-hydrogen) atoms. The van der Waals surface area contributed by atoms with E-state index in [2.05, 4.69) is 29.3 Å². The normalized spacial score (nSPS) is 23.7. The fourth-order valence-electron chi connectivity index (χ4n) is 3.16. The first-order valence-electron chi connectivity index (χ1n) is 8.03. The van der Waals surface area contributed by atoms with Crippen molar-refractivity contribution in [3.8, 4) is 0 Å². The second-order valence-corrected chi connectivity index (χ2v) is 6.69. The summed E-state index contributed by atoms with van der Waals surface area (Å²) < 4.78 is 0. The van der Waals surface area contributed by atoms with Crippen molar-refractivity contribution in [1.82, 2.24) is 5.32 Å². The topological polar surface area (TPSA) is 15.3 Å². The second kappa shape index (κ2) is 6.36. The Balaban J connectivity index is 1.83. The zero-order valence-corrected chi connectivity index (χ0v) is 13.1. The van der Waals surface area contributed by atoms with Gasteiger partial charge in [0.25, 0.3) is 0 Å². The molecule has 2 aliphatic rings. The lowest BCUT2D eigenvalue weighted by molar-refractivity contribution is 0.610. The monoisotopic (exact) mass is 292 g/mol. The molecule has 0 bridgehead atoms. The van der Waals surface area contributed by atoms with Crippen LogP contribution in [0.25, 0.3) is 0 Å². The van der Waals surface area contributed by atoms with Crippen LogP contribution in [0.5, 0.6) is 0 Å². The Hall–Kier alpha value is -0.730. The molecule has 1 aliphatic carbocycles. The van der Waals surface area contributed by atoms with Crippen LogP contribution in [0.2, 0.25) is 5.02 Å². The molecule has 1 atom stereocenters. The van der Waals surface area contributed by atoms with E-state index in [9.17, 15) is 0 Å². The van der Waals surface area contributed by atoms with E-state index in [1.54, 1.807) is 0 Å². The van der Waals surface area contributed by atoms with Crippen LogP contribution < -0.4 is 10.2 Å². The lowest BCUT2D eigenvalue weighted by Gasteiger charge is -2.32. The third-order valence-electron chi connectivity index (χ3n) is 4.60. The van der Waals surface area contributed by atoms with Crippen LogP contribution in [0.3, 0.4) is 0 Å². The highest BCUT2D eigenvalue weighted by molar-refractivity contribution is 6.31. The molecule has 1 saturated heterocycles. The van der Waals surface area contributed by atoms with Gasteiger partial charge in [0.05, 0.1) is 0 Å². The van der Waals surface area contributed by atoms with Crippen LogP contribution in [0.4, 0.5) is 5.69 Å². The van der Waals surface area contributed by atoms with E-state index in [4.69, 9.17) is 11.6 Å². The van der Waals surface area contributed by atoms with Crippen molar-refractivity contribution < 1.29 is 0 Å². The molecule has 1 heterocycles. The second-order valence-electron chi connectivity index (χ2n) is 6.28. The SMILES string of the molecule is CC1CCCCCN1c1cccc(Cl)c1CNC1CC1. The van der Waals surface area contributed by atoms with Crippen molar-refractivity contribution in [3.05, 3.63) is 28.8 Å². The van der Waals surface area contributed by atoms with Crippen LogP contribution in [0.1, 0.15) is 51.0 Å². The van der Waals surface area contributed by atoms with Crippen LogP contribution in [-0.4, -0.2) is 18.6 Å². The summed E-state index contributed by atoms with van der Waals surface area (Å²) in [6.45, 7) is 4.42. The van der Waals surface area contributed by atoms with E-state index in [-0.39, 0.29) is 0 Å². The summed E-state index contributed by atoms with van der Waals surface area (Å²) in [5.41, 5.74) is 2.63. The minimum Gasteiger partial charge on any atom is -0.369 e. The van der Waals surface area contributed by atoms with Gasteiger partial charge in [-0.25, -0.2) is 0 Å². The maximum absolute atomic E-state index is 6.47. The van der Waals surface area contributed by atoms with Gasteiger partial charge < -0.3 is 10.2 Å². The summed E-state index contributed by atoms with van der Waals surface area (Å²) in [4.78, 5) is 2.57. The van der Waals surface area contributed by atoms with Gasteiger partial charge >= 0.3 is 0 Å². The molecule has 1 saturated carbocycles. The Kier molecular flexibility index (Phi) is 4.52. The molecule has 2 nitrogen and oxygen atoms in total. The zero-order chi connectivity index (χ0) is 13.9. The highest BCUT2D eigenvalue weighted by Gasteiger charge is 2.24. The molecule has 0 spiro atoms. The summed E-state index contributed by atoms with van der Waals surface area (Å²) in [5.74, 6) is 0. The first-order valence-corrected chi connectivity index (χ1v) is 8.41. The summed E-state index contributed by atoms with van der Waals surface area (Å²) in [6.07, 6.45) is 7.94. The molecule has 3 heteroatoms. The molecule has 1 aromatic carbocycles. The minimum atomic E-state index is 0.621. The maximum atomic E-state index is 6.47. The van der Waals surface area contributed by atoms with Crippen molar-refractivity contribution in [3.63, 3.8) is 0 Å². The van der Waals surface area contributed by atoms with Gasteiger partial charge in [0.1, 0.15) is 0 Å².